The van der Waals surface area contributed by atoms with Crippen LogP contribution in [0.2, 0.25) is 0 Å². The van der Waals surface area contributed by atoms with Gasteiger partial charge in [0.2, 0.25) is 0 Å². The third kappa shape index (κ3) is 3.11. The summed E-state index contributed by atoms with van der Waals surface area (Å²) in [5, 5.41) is 23.7. The van der Waals surface area contributed by atoms with Crippen molar-refractivity contribution >= 4 is 11.3 Å². The molecule has 0 bridgehead atoms. The average molecular weight is 292 g/mol. The number of nitrogens with one attached hydrogen (secondary N) is 1. The van der Waals surface area contributed by atoms with Crippen LogP contribution in [-0.4, -0.2) is 15.2 Å². The summed E-state index contributed by atoms with van der Waals surface area (Å²) in [5.74, 6) is 0.176. The Bertz CT molecular complexity index is 610. The SMILES string of the molecule is Cc1nc(C)c(C(C)NC(C)c2ccc(O)cc2O)s1. The summed E-state index contributed by atoms with van der Waals surface area (Å²) < 4.78 is 0. The summed E-state index contributed by atoms with van der Waals surface area (Å²) in [5.41, 5.74) is 1.82. The molecule has 0 aliphatic rings. The van der Waals surface area contributed by atoms with Gasteiger partial charge in [-0.15, -0.1) is 11.3 Å². The van der Waals surface area contributed by atoms with Gasteiger partial charge in [0.05, 0.1) is 10.7 Å². The predicted octanol–water partition coefficient (Wildman–Crippen LogP) is 3.58. The Morgan fingerprint density at radius 1 is 1.15 bits per heavy atom. The quantitative estimate of drug-likeness (QED) is 0.806. The summed E-state index contributed by atoms with van der Waals surface area (Å²) in [7, 11) is 0. The highest BCUT2D eigenvalue weighted by molar-refractivity contribution is 7.11. The van der Waals surface area contributed by atoms with Gasteiger partial charge in [-0.3, -0.25) is 0 Å². The maximum atomic E-state index is 9.89. The number of hydrogen-bond donors (Lipinski definition) is 3. The van der Waals surface area contributed by atoms with E-state index in [0.717, 1.165) is 16.3 Å². The van der Waals surface area contributed by atoms with Gasteiger partial charge in [-0.25, -0.2) is 4.98 Å². The van der Waals surface area contributed by atoms with E-state index in [0.29, 0.717) is 0 Å². The van der Waals surface area contributed by atoms with E-state index in [-0.39, 0.29) is 23.6 Å². The molecule has 2 atom stereocenters. The summed E-state index contributed by atoms with van der Waals surface area (Å²) in [4.78, 5) is 5.65. The molecule has 0 aliphatic carbocycles. The molecule has 0 saturated heterocycles. The van der Waals surface area contributed by atoms with Gasteiger partial charge in [0.1, 0.15) is 11.5 Å². The standard InChI is InChI=1S/C15H20N2O2S/c1-8(13-6-5-12(18)7-14(13)19)16-9(2)15-10(3)17-11(4)20-15/h5-9,16,18-19H,1-4H3. The molecule has 0 saturated carbocycles. The van der Waals surface area contributed by atoms with Crippen LogP contribution in [0.25, 0.3) is 0 Å². The van der Waals surface area contributed by atoms with E-state index in [9.17, 15) is 10.2 Å². The Morgan fingerprint density at radius 2 is 1.85 bits per heavy atom. The van der Waals surface area contributed by atoms with Crippen LogP contribution in [0.4, 0.5) is 0 Å². The number of aromatic nitrogens is 1. The molecule has 1 heterocycles. The number of phenolic OH excluding ortho intramolecular Hbond substituents is 2. The molecule has 2 unspecified atom stereocenters. The predicted molar refractivity (Wildman–Crippen MR) is 81.3 cm³/mol. The van der Waals surface area contributed by atoms with Crippen LogP contribution >= 0.6 is 11.3 Å². The minimum Gasteiger partial charge on any atom is -0.508 e. The van der Waals surface area contributed by atoms with E-state index in [1.807, 2.05) is 20.8 Å². The molecule has 0 spiro atoms. The molecule has 5 heteroatoms. The third-order valence-electron chi connectivity index (χ3n) is 3.31. The van der Waals surface area contributed by atoms with Gasteiger partial charge >= 0.3 is 0 Å². The van der Waals surface area contributed by atoms with Crippen molar-refractivity contribution in [2.45, 2.75) is 39.8 Å². The number of rotatable bonds is 4. The van der Waals surface area contributed by atoms with Crippen LogP contribution in [0, 0.1) is 13.8 Å². The van der Waals surface area contributed by atoms with Gasteiger partial charge in [0.15, 0.2) is 0 Å². The summed E-state index contributed by atoms with van der Waals surface area (Å²) >= 11 is 1.69. The minimum absolute atomic E-state index is 0.0209. The molecule has 0 fully saturated rings. The molecule has 0 amide bonds. The van der Waals surface area contributed by atoms with E-state index in [4.69, 9.17) is 0 Å². The first kappa shape index (κ1) is 14.8. The second-order valence-electron chi connectivity index (χ2n) is 5.04. The van der Waals surface area contributed by atoms with E-state index in [1.165, 1.54) is 10.9 Å². The molecule has 1 aromatic carbocycles. The lowest BCUT2D eigenvalue weighted by molar-refractivity contribution is 0.428. The molecule has 2 aromatic rings. The Balaban J connectivity index is 2.14. The normalized spacial score (nSPS) is 14.2. The average Bonchev–Trinajstić information content (AvgIpc) is 2.68. The van der Waals surface area contributed by atoms with Crippen molar-refractivity contribution in [3.63, 3.8) is 0 Å². The van der Waals surface area contributed by atoms with Crippen LogP contribution in [0.15, 0.2) is 18.2 Å². The molecular formula is C15H20N2O2S. The smallest absolute Gasteiger partial charge is 0.124 e. The number of aromatic hydroxyl groups is 2. The lowest BCUT2D eigenvalue weighted by atomic mass is 10.1. The first-order valence-corrected chi connectivity index (χ1v) is 7.42. The zero-order valence-corrected chi connectivity index (χ0v) is 13.0. The van der Waals surface area contributed by atoms with Gasteiger partial charge in [0.25, 0.3) is 0 Å². The summed E-state index contributed by atoms with van der Waals surface area (Å²) in [6.07, 6.45) is 0. The maximum absolute atomic E-state index is 9.89. The molecule has 20 heavy (non-hydrogen) atoms. The number of benzene rings is 1. The van der Waals surface area contributed by atoms with Crippen LogP contribution in [0.3, 0.4) is 0 Å². The largest absolute Gasteiger partial charge is 0.508 e. The minimum atomic E-state index is -0.0209. The molecule has 3 N–H and O–H groups in total. The fraction of sp³-hybridized carbons (Fsp3) is 0.400. The number of phenols is 2. The molecule has 0 radical (unpaired) electrons. The highest BCUT2D eigenvalue weighted by atomic mass is 32.1. The third-order valence-corrected chi connectivity index (χ3v) is 4.57. The summed E-state index contributed by atoms with van der Waals surface area (Å²) in [6.45, 7) is 8.10. The Labute approximate surface area is 123 Å². The highest BCUT2D eigenvalue weighted by Crippen LogP contribution is 2.31. The van der Waals surface area contributed by atoms with Crippen molar-refractivity contribution in [1.82, 2.24) is 10.3 Å². The van der Waals surface area contributed by atoms with Gasteiger partial charge < -0.3 is 15.5 Å². The van der Waals surface area contributed by atoms with Crippen LogP contribution in [0.1, 0.15) is 47.1 Å². The van der Waals surface area contributed by atoms with Crippen molar-refractivity contribution in [2.24, 2.45) is 0 Å². The molecule has 0 aliphatic heterocycles. The monoisotopic (exact) mass is 292 g/mol. The Morgan fingerprint density at radius 3 is 2.40 bits per heavy atom. The number of hydrogen-bond acceptors (Lipinski definition) is 5. The molecule has 2 rings (SSSR count). The number of nitrogens with zero attached hydrogens (tertiary/aromatic N) is 1. The Hall–Kier alpha value is -1.59. The van der Waals surface area contributed by atoms with Crippen molar-refractivity contribution in [3.8, 4) is 11.5 Å². The molecular weight excluding hydrogens is 272 g/mol. The van der Waals surface area contributed by atoms with Crippen molar-refractivity contribution in [2.75, 3.05) is 0 Å². The topological polar surface area (TPSA) is 65.4 Å². The first-order chi connectivity index (χ1) is 9.38. The van der Waals surface area contributed by atoms with Crippen molar-refractivity contribution < 1.29 is 10.2 Å². The first-order valence-electron chi connectivity index (χ1n) is 6.60. The second kappa shape index (κ2) is 5.81. The second-order valence-corrected chi connectivity index (χ2v) is 6.27. The van der Waals surface area contributed by atoms with Crippen LogP contribution < -0.4 is 5.32 Å². The molecule has 108 valence electrons. The van der Waals surface area contributed by atoms with E-state index < -0.39 is 0 Å². The van der Waals surface area contributed by atoms with Gasteiger partial charge in [-0.2, -0.15) is 0 Å². The highest BCUT2D eigenvalue weighted by Gasteiger charge is 2.17. The summed E-state index contributed by atoms with van der Waals surface area (Å²) in [6, 6.07) is 4.82. The van der Waals surface area contributed by atoms with Crippen molar-refractivity contribution in [3.05, 3.63) is 39.3 Å². The van der Waals surface area contributed by atoms with Gasteiger partial charge in [0, 0.05) is 28.6 Å². The van der Waals surface area contributed by atoms with Gasteiger partial charge in [-0.1, -0.05) is 6.07 Å². The molecule has 1 aromatic heterocycles. The maximum Gasteiger partial charge on any atom is 0.124 e. The van der Waals surface area contributed by atoms with Crippen molar-refractivity contribution in [1.29, 1.82) is 0 Å². The van der Waals surface area contributed by atoms with Gasteiger partial charge in [-0.05, 0) is 33.8 Å². The van der Waals surface area contributed by atoms with E-state index in [2.05, 4.69) is 17.2 Å². The Kier molecular flexibility index (Phi) is 4.30. The lowest BCUT2D eigenvalue weighted by Gasteiger charge is -2.20. The molecule has 4 nitrogen and oxygen atoms in total. The fourth-order valence-electron chi connectivity index (χ4n) is 2.39. The number of aryl methyl sites for hydroxylation is 2. The number of thiazole rings is 1. The van der Waals surface area contributed by atoms with Crippen LogP contribution in [0.5, 0.6) is 11.5 Å². The zero-order chi connectivity index (χ0) is 14.9. The van der Waals surface area contributed by atoms with Crippen LogP contribution in [-0.2, 0) is 0 Å². The van der Waals surface area contributed by atoms with E-state index >= 15 is 0 Å². The lowest BCUT2D eigenvalue weighted by Crippen LogP contribution is -2.22. The zero-order valence-electron chi connectivity index (χ0n) is 12.1. The fourth-order valence-corrected chi connectivity index (χ4v) is 3.33. The van der Waals surface area contributed by atoms with E-state index in [1.54, 1.807) is 23.5 Å².